The van der Waals surface area contributed by atoms with Gasteiger partial charge in [-0.3, -0.25) is 0 Å². The third-order valence-electron chi connectivity index (χ3n) is 3.54. The van der Waals surface area contributed by atoms with Gasteiger partial charge in [0.2, 0.25) is 0 Å². The Morgan fingerprint density at radius 2 is 2.10 bits per heavy atom. The minimum absolute atomic E-state index is 0.246. The van der Waals surface area contributed by atoms with Crippen molar-refractivity contribution in [2.75, 3.05) is 7.11 Å². The Bertz CT molecular complexity index is 782. The van der Waals surface area contributed by atoms with E-state index in [0.29, 0.717) is 18.7 Å². The van der Waals surface area contributed by atoms with Crippen molar-refractivity contribution in [1.82, 2.24) is 9.55 Å². The Morgan fingerprint density at radius 3 is 2.86 bits per heavy atom. The second kappa shape index (κ2) is 5.54. The number of ether oxygens (including phenoxy) is 1. The van der Waals surface area contributed by atoms with Gasteiger partial charge in [0.1, 0.15) is 5.65 Å². The third-order valence-corrected chi connectivity index (χ3v) is 3.54. The van der Waals surface area contributed by atoms with Gasteiger partial charge in [0.05, 0.1) is 13.7 Å². The number of pyridine rings is 1. The van der Waals surface area contributed by atoms with E-state index in [4.69, 9.17) is 10.5 Å². The molecular formula is C16H16FN3O. The molecule has 0 aliphatic rings. The standard InChI is InChI=1S/C16H16FN3O/c1-21-14-6-2-4-11(15(14)17)9-20-10-12(8-18)13-5-3-7-19-16(13)20/h2-7,10H,8-9,18H2,1H3. The largest absolute Gasteiger partial charge is 0.494 e. The van der Waals surface area contributed by atoms with Gasteiger partial charge in [-0.15, -0.1) is 0 Å². The van der Waals surface area contributed by atoms with Crippen LogP contribution in [0.15, 0.2) is 42.7 Å². The van der Waals surface area contributed by atoms with Crippen molar-refractivity contribution < 1.29 is 9.13 Å². The summed E-state index contributed by atoms with van der Waals surface area (Å²) in [6.45, 7) is 0.812. The molecule has 0 aliphatic heterocycles. The molecule has 4 nitrogen and oxygen atoms in total. The molecule has 3 aromatic rings. The molecule has 0 unspecified atom stereocenters. The van der Waals surface area contributed by atoms with Crippen LogP contribution in [0.3, 0.4) is 0 Å². The molecule has 5 heteroatoms. The number of rotatable bonds is 4. The number of hydrogen-bond donors (Lipinski definition) is 1. The van der Waals surface area contributed by atoms with E-state index in [0.717, 1.165) is 16.6 Å². The highest BCUT2D eigenvalue weighted by atomic mass is 19.1. The van der Waals surface area contributed by atoms with E-state index < -0.39 is 0 Å². The summed E-state index contributed by atoms with van der Waals surface area (Å²) in [6, 6.07) is 8.98. The zero-order valence-corrected chi connectivity index (χ0v) is 11.7. The molecule has 21 heavy (non-hydrogen) atoms. The number of methoxy groups -OCH3 is 1. The molecule has 1 aromatic carbocycles. The van der Waals surface area contributed by atoms with E-state index >= 15 is 0 Å². The molecule has 0 saturated heterocycles. The molecule has 2 heterocycles. The van der Waals surface area contributed by atoms with Crippen LogP contribution in [-0.2, 0) is 13.1 Å². The van der Waals surface area contributed by atoms with E-state index in [1.54, 1.807) is 24.4 Å². The zero-order chi connectivity index (χ0) is 14.8. The molecule has 108 valence electrons. The summed E-state index contributed by atoms with van der Waals surface area (Å²) < 4.78 is 21.2. The molecule has 0 radical (unpaired) electrons. The lowest BCUT2D eigenvalue weighted by atomic mass is 10.2. The summed E-state index contributed by atoms with van der Waals surface area (Å²) in [7, 11) is 1.46. The van der Waals surface area contributed by atoms with Crippen LogP contribution in [0.1, 0.15) is 11.1 Å². The van der Waals surface area contributed by atoms with Gasteiger partial charge in [-0.05, 0) is 23.8 Å². The van der Waals surface area contributed by atoms with Gasteiger partial charge < -0.3 is 15.0 Å². The van der Waals surface area contributed by atoms with Crippen molar-refractivity contribution in [3.05, 3.63) is 59.7 Å². The lowest BCUT2D eigenvalue weighted by Crippen LogP contribution is -2.03. The van der Waals surface area contributed by atoms with Crippen molar-refractivity contribution in [1.29, 1.82) is 0 Å². The highest BCUT2D eigenvalue weighted by Gasteiger charge is 2.12. The van der Waals surface area contributed by atoms with Crippen LogP contribution in [0, 0.1) is 5.82 Å². The highest BCUT2D eigenvalue weighted by Crippen LogP contribution is 2.24. The number of fused-ring (bicyclic) bond motifs is 1. The van der Waals surface area contributed by atoms with Gasteiger partial charge >= 0.3 is 0 Å². The summed E-state index contributed by atoms with van der Waals surface area (Å²) >= 11 is 0. The van der Waals surface area contributed by atoms with Gasteiger partial charge in [0, 0.05) is 29.9 Å². The van der Waals surface area contributed by atoms with Gasteiger partial charge in [-0.25, -0.2) is 9.37 Å². The van der Waals surface area contributed by atoms with Crippen LogP contribution in [0.25, 0.3) is 11.0 Å². The molecule has 0 amide bonds. The second-order valence-corrected chi connectivity index (χ2v) is 4.79. The van der Waals surface area contributed by atoms with Crippen LogP contribution in [0.5, 0.6) is 5.75 Å². The van der Waals surface area contributed by atoms with E-state index in [9.17, 15) is 4.39 Å². The average Bonchev–Trinajstić information content (AvgIpc) is 2.87. The van der Waals surface area contributed by atoms with Crippen LogP contribution in [0.2, 0.25) is 0 Å². The molecule has 0 aliphatic carbocycles. The molecule has 2 aromatic heterocycles. The quantitative estimate of drug-likeness (QED) is 0.802. The first-order valence-corrected chi connectivity index (χ1v) is 6.68. The van der Waals surface area contributed by atoms with Crippen molar-refractivity contribution in [3.8, 4) is 5.75 Å². The molecule has 0 atom stereocenters. The summed E-state index contributed by atoms with van der Waals surface area (Å²) in [5.41, 5.74) is 8.13. The number of benzene rings is 1. The van der Waals surface area contributed by atoms with E-state index in [-0.39, 0.29) is 11.6 Å². The smallest absolute Gasteiger partial charge is 0.170 e. The molecule has 0 fully saturated rings. The van der Waals surface area contributed by atoms with E-state index in [1.807, 2.05) is 22.9 Å². The number of aromatic nitrogens is 2. The van der Waals surface area contributed by atoms with Gasteiger partial charge in [-0.1, -0.05) is 12.1 Å². The maximum atomic E-state index is 14.3. The predicted molar refractivity (Wildman–Crippen MR) is 79.7 cm³/mol. The first-order valence-electron chi connectivity index (χ1n) is 6.68. The fourth-order valence-corrected chi connectivity index (χ4v) is 2.50. The van der Waals surface area contributed by atoms with Crippen molar-refractivity contribution in [2.24, 2.45) is 5.73 Å². The predicted octanol–water partition coefficient (Wildman–Crippen LogP) is 2.69. The summed E-state index contributed by atoms with van der Waals surface area (Å²) in [5, 5.41) is 1.00. The first-order chi connectivity index (χ1) is 10.2. The summed E-state index contributed by atoms with van der Waals surface area (Å²) in [6.07, 6.45) is 3.65. The maximum Gasteiger partial charge on any atom is 0.170 e. The van der Waals surface area contributed by atoms with Gasteiger partial charge in [-0.2, -0.15) is 0 Å². The molecule has 2 N–H and O–H groups in total. The Labute approximate surface area is 122 Å². The number of nitrogens with zero attached hydrogens (tertiary/aromatic N) is 2. The van der Waals surface area contributed by atoms with Gasteiger partial charge in [0.15, 0.2) is 11.6 Å². The van der Waals surface area contributed by atoms with Gasteiger partial charge in [0.25, 0.3) is 0 Å². The summed E-state index contributed by atoms with van der Waals surface area (Å²) in [4.78, 5) is 4.37. The lowest BCUT2D eigenvalue weighted by molar-refractivity contribution is 0.383. The van der Waals surface area contributed by atoms with E-state index in [2.05, 4.69) is 4.98 Å². The molecular weight excluding hydrogens is 269 g/mol. The monoisotopic (exact) mass is 285 g/mol. The maximum absolute atomic E-state index is 14.3. The number of halogens is 1. The normalized spacial score (nSPS) is 11.0. The fourth-order valence-electron chi connectivity index (χ4n) is 2.50. The highest BCUT2D eigenvalue weighted by molar-refractivity contribution is 5.80. The Kier molecular flexibility index (Phi) is 3.58. The molecule has 0 saturated carbocycles. The van der Waals surface area contributed by atoms with E-state index in [1.165, 1.54) is 7.11 Å². The van der Waals surface area contributed by atoms with Crippen LogP contribution in [0.4, 0.5) is 4.39 Å². The van der Waals surface area contributed by atoms with Crippen molar-refractivity contribution in [3.63, 3.8) is 0 Å². The summed E-state index contributed by atoms with van der Waals surface area (Å²) in [5.74, 6) is -0.0944. The molecule has 0 bridgehead atoms. The van der Waals surface area contributed by atoms with Crippen molar-refractivity contribution >= 4 is 11.0 Å². The second-order valence-electron chi connectivity index (χ2n) is 4.79. The zero-order valence-electron chi connectivity index (χ0n) is 11.7. The van der Waals surface area contributed by atoms with Crippen molar-refractivity contribution in [2.45, 2.75) is 13.1 Å². The SMILES string of the molecule is COc1cccc(Cn2cc(CN)c3cccnc32)c1F. The molecule has 0 spiro atoms. The Hall–Kier alpha value is -2.40. The minimum Gasteiger partial charge on any atom is -0.494 e. The first kappa shape index (κ1) is 13.6. The van der Waals surface area contributed by atoms with Crippen LogP contribution >= 0.6 is 0 Å². The number of hydrogen-bond acceptors (Lipinski definition) is 3. The Balaban J connectivity index is 2.06. The van der Waals surface area contributed by atoms with Crippen LogP contribution < -0.4 is 10.5 Å². The number of nitrogens with two attached hydrogens (primary N) is 1. The lowest BCUT2D eigenvalue weighted by Gasteiger charge is -2.09. The fraction of sp³-hybridized carbons (Fsp3) is 0.188. The van der Waals surface area contributed by atoms with Crippen LogP contribution in [-0.4, -0.2) is 16.7 Å². The average molecular weight is 285 g/mol. The topological polar surface area (TPSA) is 53.1 Å². The third kappa shape index (κ3) is 2.36. The molecule has 3 rings (SSSR count). The minimum atomic E-state index is -0.341. The Morgan fingerprint density at radius 1 is 1.24 bits per heavy atom.